The van der Waals surface area contributed by atoms with E-state index in [2.05, 4.69) is 27.8 Å². The lowest BCUT2D eigenvalue weighted by Gasteiger charge is -2.34. The Morgan fingerprint density at radius 2 is 2.00 bits per heavy atom. The Morgan fingerprint density at radius 3 is 2.60 bits per heavy atom. The van der Waals surface area contributed by atoms with Gasteiger partial charge in [-0.15, -0.1) is 0 Å². The maximum Gasteiger partial charge on any atom is 0.270 e. The molecule has 0 aromatic carbocycles. The zero-order chi connectivity index (χ0) is 14.1. The number of halogens is 1. The molecule has 1 aromatic heterocycles. The van der Waals surface area contributed by atoms with Gasteiger partial charge in [0.05, 0.1) is 0 Å². The van der Waals surface area contributed by atoms with Gasteiger partial charge >= 0.3 is 0 Å². The minimum atomic E-state index is 0.170. The van der Waals surface area contributed by atoms with Crippen LogP contribution in [0.3, 0.4) is 0 Å². The lowest BCUT2D eigenvalue weighted by atomic mass is 10.2. The van der Waals surface area contributed by atoms with Crippen LogP contribution in [0.25, 0.3) is 0 Å². The zero-order valence-corrected chi connectivity index (χ0v) is 13.6. The second kappa shape index (κ2) is 5.90. The molecule has 1 aliphatic heterocycles. The van der Waals surface area contributed by atoms with Crippen LogP contribution >= 0.6 is 15.9 Å². The summed E-state index contributed by atoms with van der Waals surface area (Å²) in [6, 6.07) is 1.93. The average molecular weight is 340 g/mol. The van der Waals surface area contributed by atoms with Crippen LogP contribution in [0.1, 0.15) is 30.3 Å². The van der Waals surface area contributed by atoms with E-state index in [1.807, 2.05) is 21.7 Å². The number of hydrogen-bond donors (Lipinski definition) is 0. The Bertz CT molecular complexity index is 487. The SMILES string of the molecule is CCn1cc(Br)cc1C(=O)N1CCN(CC2CC2)CC1. The Hall–Kier alpha value is -0.810. The first-order chi connectivity index (χ1) is 9.67. The molecule has 20 heavy (non-hydrogen) atoms. The molecule has 1 aromatic rings. The van der Waals surface area contributed by atoms with E-state index in [-0.39, 0.29) is 5.91 Å². The number of nitrogens with zero attached hydrogens (tertiary/aromatic N) is 3. The van der Waals surface area contributed by atoms with Gasteiger partial charge in [-0.3, -0.25) is 9.69 Å². The van der Waals surface area contributed by atoms with E-state index in [1.165, 1.54) is 19.4 Å². The third-order valence-corrected chi connectivity index (χ3v) is 4.73. The Kier molecular flexibility index (Phi) is 4.17. The maximum atomic E-state index is 12.6. The van der Waals surface area contributed by atoms with Crippen LogP contribution in [-0.2, 0) is 6.54 Å². The molecule has 110 valence electrons. The third-order valence-electron chi connectivity index (χ3n) is 4.30. The van der Waals surface area contributed by atoms with Gasteiger partial charge in [0.1, 0.15) is 5.69 Å². The minimum absolute atomic E-state index is 0.170. The fraction of sp³-hybridized carbons (Fsp3) is 0.667. The summed E-state index contributed by atoms with van der Waals surface area (Å²) < 4.78 is 3.00. The molecule has 2 heterocycles. The van der Waals surface area contributed by atoms with Crippen molar-refractivity contribution in [2.45, 2.75) is 26.3 Å². The smallest absolute Gasteiger partial charge is 0.270 e. The lowest BCUT2D eigenvalue weighted by Crippen LogP contribution is -2.49. The summed E-state index contributed by atoms with van der Waals surface area (Å²) in [5.41, 5.74) is 0.801. The molecule has 0 atom stereocenters. The molecule has 1 aliphatic carbocycles. The molecule has 3 rings (SSSR count). The fourth-order valence-corrected chi connectivity index (χ4v) is 3.34. The lowest BCUT2D eigenvalue weighted by molar-refractivity contribution is 0.0621. The van der Waals surface area contributed by atoms with E-state index in [1.54, 1.807) is 0 Å². The predicted molar refractivity (Wildman–Crippen MR) is 82.9 cm³/mol. The van der Waals surface area contributed by atoms with Gasteiger partial charge in [0.2, 0.25) is 0 Å². The first-order valence-corrected chi connectivity index (χ1v) is 8.34. The summed E-state index contributed by atoms with van der Waals surface area (Å²) in [4.78, 5) is 17.1. The number of carbonyl (C=O) groups is 1. The number of rotatable bonds is 4. The topological polar surface area (TPSA) is 28.5 Å². The van der Waals surface area contributed by atoms with Gasteiger partial charge in [0, 0.05) is 49.9 Å². The number of piperazine rings is 1. The molecular weight excluding hydrogens is 318 g/mol. The third kappa shape index (κ3) is 3.09. The Balaban J connectivity index is 1.60. The van der Waals surface area contributed by atoms with E-state index in [9.17, 15) is 4.79 Å². The second-order valence-electron chi connectivity index (χ2n) is 5.87. The first kappa shape index (κ1) is 14.1. The van der Waals surface area contributed by atoms with E-state index in [4.69, 9.17) is 0 Å². The van der Waals surface area contributed by atoms with E-state index in [0.29, 0.717) is 0 Å². The van der Waals surface area contributed by atoms with E-state index in [0.717, 1.165) is 48.8 Å². The molecule has 2 fully saturated rings. The van der Waals surface area contributed by atoms with Crippen molar-refractivity contribution in [2.75, 3.05) is 32.7 Å². The second-order valence-corrected chi connectivity index (χ2v) is 6.78. The molecule has 1 saturated carbocycles. The highest BCUT2D eigenvalue weighted by Crippen LogP contribution is 2.30. The average Bonchev–Trinajstić information content (AvgIpc) is 3.19. The van der Waals surface area contributed by atoms with Crippen LogP contribution in [0.15, 0.2) is 16.7 Å². The van der Waals surface area contributed by atoms with Gasteiger partial charge < -0.3 is 9.47 Å². The molecule has 5 heteroatoms. The van der Waals surface area contributed by atoms with Crippen LogP contribution < -0.4 is 0 Å². The number of aryl methyl sites for hydroxylation is 1. The normalized spacial score (nSPS) is 20.4. The van der Waals surface area contributed by atoms with Crippen molar-refractivity contribution in [2.24, 2.45) is 5.92 Å². The minimum Gasteiger partial charge on any atom is -0.343 e. The quantitative estimate of drug-likeness (QED) is 0.842. The molecule has 4 nitrogen and oxygen atoms in total. The van der Waals surface area contributed by atoms with Crippen LogP contribution in [0, 0.1) is 5.92 Å². The summed E-state index contributed by atoms with van der Waals surface area (Å²) in [5, 5.41) is 0. The standard InChI is InChI=1S/C15H22BrN3O/c1-2-18-11-13(16)9-14(18)15(20)19-7-5-17(6-8-19)10-12-3-4-12/h9,11-12H,2-8,10H2,1H3. The Labute approximate surface area is 128 Å². The van der Waals surface area contributed by atoms with E-state index >= 15 is 0 Å². The van der Waals surface area contributed by atoms with Crippen molar-refractivity contribution in [1.82, 2.24) is 14.4 Å². The van der Waals surface area contributed by atoms with Crippen LogP contribution in [0.4, 0.5) is 0 Å². The highest BCUT2D eigenvalue weighted by Gasteiger charge is 2.28. The van der Waals surface area contributed by atoms with Crippen LogP contribution in [0.2, 0.25) is 0 Å². The predicted octanol–water partition coefficient (Wildman–Crippen LogP) is 2.44. The van der Waals surface area contributed by atoms with Crippen molar-refractivity contribution in [1.29, 1.82) is 0 Å². The van der Waals surface area contributed by atoms with Gasteiger partial charge in [0.25, 0.3) is 5.91 Å². The van der Waals surface area contributed by atoms with Crippen molar-refractivity contribution in [3.05, 3.63) is 22.4 Å². The number of amides is 1. The van der Waals surface area contributed by atoms with Crippen molar-refractivity contribution >= 4 is 21.8 Å². The molecule has 0 bridgehead atoms. The van der Waals surface area contributed by atoms with Crippen molar-refractivity contribution < 1.29 is 4.79 Å². The van der Waals surface area contributed by atoms with E-state index < -0.39 is 0 Å². The first-order valence-electron chi connectivity index (χ1n) is 7.54. The number of hydrogen-bond acceptors (Lipinski definition) is 2. The van der Waals surface area contributed by atoms with Gasteiger partial charge in [-0.25, -0.2) is 0 Å². The molecule has 1 saturated heterocycles. The molecule has 0 unspecified atom stereocenters. The number of aromatic nitrogens is 1. The highest BCUT2D eigenvalue weighted by molar-refractivity contribution is 9.10. The summed E-state index contributed by atoms with van der Waals surface area (Å²) >= 11 is 3.46. The largest absolute Gasteiger partial charge is 0.343 e. The van der Waals surface area contributed by atoms with Gasteiger partial charge in [-0.2, -0.15) is 0 Å². The Morgan fingerprint density at radius 1 is 1.30 bits per heavy atom. The summed E-state index contributed by atoms with van der Waals surface area (Å²) in [6.07, 6.45) is 4.78. The van der Waals surface area contributed by atoms with Crippen LogP contribution in [0.5, 0.6) is 0 Å². The van der Waals surface area contributed by atoms with Crippen LogP contribution in [-0.4, -0.2) is 53.0 Å². The molecule has 0 N–H and O–H groups in total. The summed E-state index contributed by atoms with van der Waals surface area (Å²) in [5.74, 6) is 1.11. The van der Waals surface area contributed by atoms with Gasteiger partial charge in [-0.05, 0) is 47.7 Å². The molecule has 2 aliphatic rings. The molecule has 0 radical (unpaired) electrons. The van der Waals surface area contributed by atoms with Gasteiger partial charge in [0.15, 0.2) is 0 Å². The monoisotopic (exact) mass is 339 g/mol. The summed E-state index contributed by atoms with van der Waals surface area (Å²) in [6.45, 7) is 7.90. The van der Waals surface area contributed by atoms with Crippen molar-refractivity contribution in [3.8, 4) is 0 Å². The van der Waals surface area contributed by atoms with Crippen molar-refractivity contribution in [3.63, 3.8) is 0 Å². The number of carbonyl (C=O) groups excluding carboxylic acids is 1. The fourth-order valence-electron chi connectivity index (χ4n) is 2.88. The maximum absolute atomic E-state index is 12.6. The summed E-state index contributed by atoms with van der Waals surface area (Å²) in [7, 11) is 0. The highest BCUT2D eigenvalue weighted by atomic mass is 79.9. The molecule has 0 spiro atoms. The molecule has 1 amide bonds. The zero-order valence-electron chi connectivity index (χ0n) is 12.0. The van der Waals surface area contributed by atoms with Gasteiger partial charge in [-0.1, -0.05) is 0 Å². The molecular formula is C15H22BrN3O.